The number of benzene rings is 1. The monoisotopic (exact) mass is 290 g/mol. The van der Waals surface area contributed by atoms with Crippen molar-refractivity contribution in [3.05, 3.63) is 45.4 Å². The number of nitrogens with zero attached hydrogens (tertiary/aromatic N) is 1. The van der Waals surface area contributed by atoms with Gasteiger partial charge in [-0.1, -0.05) is 19.1 Å². The number of para-hydroxylation sites is 1. The van der Waals surface area contributed by atoms with Gasteiger partial charge in [-0.25, -0.2) is 4.98 Å². The van der Waals surface area contributed by atoms with Crippen LogP contribution < -0.4 is 5.32 Å². The molecule has 0 saturated heterocycles. The van der Waals surface area contributed by atoms with Gasteiger partial charge < -0.3 is 10.4 Å². The first-order valence-electron chi connectivity index (χ1n) is 6.57. The van der Waals surface area contributed by atoms with E-state index in [-0.39, 0.29) is 17.7 Å². The highest BCUT2D eigenvalue weighted by atomic mass is 32.1. The Morgan fingerprint density at radius 2 is 2.25 bits per heavy atom. The summed E-state index contributed by atoms with van der Waals surface area (Å²) in [4.78, 5) is 17.7. The molecule has 2 aromatic rings. The molecule has 1 aromatic carbocycles. The average Bonchev–Trinajstić information content (AvgIpc) is 2.90. The summed E-state index contributed by atoms with van der Waals surface area (Å²) in [5.41, 5.74) is 0.983. The van der Waals surface area contributed by atoms with Crippen molar-refractivity contribution in [2.24, 2.45) is 0 Å². The Morgan fingerprint density at radius 1 is 1.50 bits per heavy atom. The summed E-state index contributed by atoms with van der Waals surface area (Å²) < 4.78 is 0. The van der Waals surface area contributed by atoms with Crippen molar-refractivity contribution in [1.82, 2.24) is 10.3 Å². The molecule has 1 aromatic heterocycles. The van der Waals surface area contributed by atoms with Crippen molar-refractivity contribution in [3.63, 3.8) is 0 Å². The second-order valence-electron chi connectivity index (χ2n) is 4.68. The normalized spacial score (nSPS) is 12.2. The first-order valence-corrected chi connectivity index (χ1v) is 7.38. The molecule has 2 rings (SSSR count). The van der Waals surface area contributed by atoms with Gasteiger partial charge in [-0.3, -0.25) is 4.79 Å². The summed E-state index contributed by atoms with van der Waals surface area (Å²) in [5, 5.41) is 13.7. The molecule has 0 saturated carbocycles. The number of nitrogens with one attached hydrogen (secondary N) is 1. The Hall–Kier alpha value is -1.88. The Bertz CT molecular complexity index is 622. The van der Waals surface area contributed by atoms with E-state index in [0.717, 1.165) is 11.4 Å². The Balaban J connectivity index is 2.13. The molecule has 0 spiro atoms. The molecule has 1 heterocycles. The number of amides is 1. The number of hydrogen-bond donors (Lipinski definition) is 2. The third-order valence-electron chi connectivity index (χ3n) is 3.12. The Morgan fingerprint density at radius 3 is 2.90 bits per heavy atom. The maximum absolute atomic E-state index is 12.2. The number of carbonyl (C=O) groups is 1. The van der Waals surface area contributed by atoms with E-state index in [2.05, 4.69) is 17.2 Å². The number of thiazole rings is 1. The van der Waals surface area contributed by atoms with Crippen molar-refractivity contribution in [3.8, 4) is 5.75 Å². The number of phenols is 1. The molecule has 20 heavy (non-hydrogen) atoms. The largest absolute Gasteiger partial charge is 0.507 e. The molecular formula is C15H18N2O2S. The van der Waals surface area contributed by atoms with Crippen LogP contribution in [0.15, 0.2) is 24.4 Å². The molecule has 1 unspecified atom stereocenters. The third-order valence-corrected chi connectivity index (χ3v) is 4.44. The minimum Gasteiger partial charge on any atom is -0.507 e. The maximum Gasteiger partial charge on any atom is 0.255 e. The first-order chi connectivity index (χ1) is 9.52. The summed E-state index contributed by atoms with van der Waals surface area (Å²) in [7, 11) is 0. The topological polar surface area (TPSA) is 62.2 Å². The van der Waals surface area contributed by atoms with Gasteiger partial charge in [0.25, 0.3) is 5.91 Å². The van der Waals surface area contributed by atoms with E-state index in [4.69, 9.17) is 0 Å². The predicted molar refractivity (Wildman–Crippen MR) is 80.2 cm³/mol. The minimum absolute atomic E-state index is 0.0329. The van der Waals surface area contributed by atoms with E-state index < -0.39 is 0 Å². The van der Waals surface area contributed by atoms with E-state index >= 15 is 0 Å². The molecule has 2 N–H and O–H groups in total. The molecule has 106 valence electrons. The molecule has 0 aliphatic rings. The molecule has 0 radical (unpaired) electrons. The third kappa shape index (κ3) is 2.99. The number of aromatic nitrogens is 1. The SMILES string of the molecule is CCc1cnc(C(C)NC(=O)c2cccc(C)c2O)s1. The van der Waals surface area contributed by atoms with E-state index in [0.29, 0.717) is 11.1 Å². The van der Waals surface area contributed by atoms with Gasteiger partial charge in [-0.15, -0.1) is 11.3 Å². The van der Waals surface area contributed by atoms with Gasteiger partial charge in [0.1, 0.15) is 10.8 Å². The van der Waals surface area contributed by atoms with Gasteiger partial charge in [-0.2, -0.15) is 0 Å². The lowest BCUT2D eigenvalue weighted by Gasteiger charge is -2.12. The number of aryl methyl sites for hydroxylation is 2. The summed E-state index contributed by atoms with van der Waals surface area (Å²) in [5.74, 6) is -0.252. The van der Waals surface area contributed by atoms with Crippen LogP contribution in [0.1, 0.15) is 45.7 Å². The van der Waals surface area contributed by atoms with Crippen molar-refractivity contribution < 1.29 is 9.90 Å². The van der Waals surface area contributed by atoms with Gasteiger partial charge in [-0.05, 0) is 31.9 Å². The van der Waals surface area contributed by atoms with Gasteiger partial charge in [0, 0.05) is 11.1 Å². The molecule has 0 fully saturated rings. The fourth-order valence-corrected chi connectivity index (χ4v) is 2.72. The highest BCUT2D eigenvalue weighted by Gasteiger charge is 2.17. The summed E-state index contributed by atoms with van der Waals surface area (Å²) in [6.07, 6.45) is 2.78. The maximum atomic E-state index is 12.2. The lowest BCUT2D eigenvalue weighted by molar-refractivity contribution is 0.0937. The molecular weight excluding hydrogens is 272 g/mol. The number of phenolic OH excluding ortho intramolecular Hbond substituents is 1. The highest BCUT2D eigenvalue weighted by Crippen LogP contribution is 2.24. The van der Waals surface area contributed by atoms with Crippen LogP contribution in [0.2, 0.25) is 0 Å². The van der Waals surface area contributed by atoms with Crippen molar-refractivity contribution in [1.29, 1.82) is 0 Å². The van der Waals surface area contributed by atoms with E-state index in [1.807, 2.05) is 13.1 Å². The Kier molecular flexibility index (Phi) is 4.39. The van der Waals surface area contributed by atoms with E-state index in [1.54, 1.807) is 36.5 Å². The molecule has 0 aliphatic heterocycles. The van der Waals surface area contributed by atoms with Crippen LogP contribution in [0.25, 0.3) is 0 Å². The second-order valence-corrected chi connectivity index (χ2v) is 5.83. The van der Waals surface area contributed by atoms with Crippen LogP contribution in [0, 0.1) is 6.92 Å². The van der Waals surface area contributed by atoms with Crippen LogP contribution in [0.3, 0.4) is 0 Å². The van der Waals surface area contributed by atoms with Crippen LogP contribution in [-0.4, -0.2) is 16.0 Å². The standard InChI is InChI=1S/C15H18N2O2S/c1-4-11-8-16-15(20-11)10(3)17-14(19)12-7-5-6-9(2)13(12)18/h5-8,10,18H,4H2,1-3H3,(H,17,19). The van der Waals surface area contributed by atoms with Crippen LogP contribution >= 0.6 is 11.3 Å². The fourth-order valence-electron chi connectivity index (χ4n) is 1.86. The van der Waals surface area contributed by atoms with Gasteiger partial charge in [0.2, 0.25) is 0 Å². The van der Waals surface area contributed by atoms with Crippen molar-refractivity contribution in [2.45, 2.75) is 33.2 Å². The molecule has 1 atom stereocenters. The summed E-state index contributed by atoms with van der Waals surface area (Å²) in [6, 6.07) is 4.97. The van der Waals surface area contributed by atoms with E-state index in [9.17, 15) is 9.90 Å². The summed E-state index contributed by atoms with van der Waals surface area (Å²) >= 11 is 1.60. The van der Waals surface area contributed by atoms with Crippen molar-refractivity contribution >= 4 is 17.2 Å². The molecule has 0 bridgehead atoms. The molecule has 1 amide bonds. The number of carbonyl (C=O) groups excluding carboxylic acids is 1. The average molecular weight is 290 g/mol. The fraction of sp³-hybridized carbons (Fsp3) is 0.333. The molecule has 4 nitrogen and oxygen atoms in total. The zero-order valence-electron chi connectivity index (χ0n) is 11.8. The van der Waals surface area contributed by atoms with Crippen LogP contribution in [0.5, 0.6) is 5.75 Å². The summed E-state index contributed by atoms with van der Waals surface area (Å²) in [6.45, 7) is 5.73. The molecule has 0 aliphatic carbocycles. The zero-order valence-corrected chi connectivity index (χ0v) is 12.6. The molecule has 5 heteroatoms. The number of rotatable bonds is 4. The number of hydrogen-bond acceptors (Lipinski definition) is 4. The first kappa shape index (κ1) is 14.5. The van der Waals surface area contributed by atoms with E-state index in [1.165, 1.54) is 4.88 Å². The highest BCUT2D eigenvalue weighted by molar-refractivity contribution is 7.11. The lowest BCUT2D eigenvalue weighted by atomic mass is 10.1. The smallest absolute Gasteiger partial charge is 0.255 e. The Labute approximate surface area is 122 Å². The van der Waals surface area contributed by atoms with Gasteiger partial charge in [0.15, 0.2) is 0 Å². The lowest BCUT2D eigenvalue weighted by Crippen LogP contribution is -2.26. The van der Waals surface area contributed by atoms with Crippen LogP contribution in [0.4, 0.5) is 0 Å². The van der Waals surface area contributed by atoms with Gasteiger partial charge in [0.05, 0.1) is 11.6 Å². The minimum atomic E-state index is -0.285. The zero-order chi connectivity index (χ0) is 14.7. The van der Waals surface area contributed by atoms with Crippen molar-refractivity contribution in [2.75, 3.05) is 0 Å². The van der Waals surface area contributed by atoms with Crippen LogP contribution in [-0.2, 0) is 6.42 Å². The van der Waals surface area contributed by atoms with Gasteiger partial charge >= 0.3 is 0 Å². The number of aromatic hydroxyl groups is 1. The quantitative estimate of drug-likeness (QED) is 0.909. The second kappa shape index (κ2) is 6.05. The predicted octanol–water partition coefficient (Wildman–Crippen LogP) is 3.21.